The Morgan fingerprint density at radius 1 is 1.33 bits per heavy atom. The molecule has 1 rings (SSSR count). The lowest BCUT2D eigenvalue weighted by atomic mass is 9.95. The number of hydrogen-bond acceptors (Lipinski definition) is 2. The van der Waals surface area contributed by atoms with Gasteiger partial charge in [0, 0.05) is 0 Å². The molecule has 0 heterocycles. The minimum Gasteiger partial charge on any atom is -0.369 e. The smallest absolute Gasteiger partial charge is 0.225 e. The van der Waals surface area contributed by atoms with E-state index in [2.05, 4.69) is 4.90 Å². The number of hydrogen-bond donors (Lipinski definition) is 1. The van der Waals surface area contributed by atoms with E-state index in [1.807, 2.05) is 44.4 Å². The van der Waals surface area contributed by atoms with E-state index in [0.29, 0.717) is 0 Å². The molecular weight excluding hydrogens is 188 g/mol. The molecule has 0 aliphatic heterocycles. The Labute approximate surface area is 90.9 Å². The van der Waals surface area contributed by atoms with Crippen molar-refractivity contribution in [2.75, 3.05) is 20.6 Å². The molecule has 0 radical (unpaired) electrons. The number of nitrogens with two attached hydrogens (primary N) is 1. The van der Waals surface area contributed by atoms with Gasteiger partial charge in [-0.3, -0.25) is 4.79 Å². The van der Waals surface area contributed by atoms with E-state index in [-0.39, 0.29) is 11.8 Å². The molecule has 3 nitrogen and oxygen atoms in total. The molecule has 0 aliphatic rings. The molecule has 0 fully saturated rings. The zero-order valence-electron chi connectivity index (χ0n) is 9.31. The van der Waals surface area contributed by atoms with Crippen molar-refractivity contribution in [3.8, 4) is 0 Å². The summed E-state index contributed by atoms with van der Waals surface area (Å²) in [4.78, 5) is 13.4. The molecule has 1 aromatic rings. The highest BCUT2D eigenvalue weighted by atomic mass is 16.1. The molecule has 0 spiro atoms. The van der Waals surface area contributed by atoms with Crippen LogP contribution in [0.15, 0.2) is 30.3 Å². The highest BCUT2D eigenvalue weighted by Crippen LogP contribution is 2.18. The minimum absolute atomic E-state index is 0.173. The van der Waals surface area contributed by atoms with Gasteiger partial charge in [-0.25, -0.2) is 0 Å². The Bertz CT molecular complexity index is 309. The number of carbonyl (C=O) groups excluding carboxylic acids is 1. The van der Waals surface area contributed by atoms with Crippen LogP contribution in [-0.2, 0) is 4.79 Å². The molecule has 1 unspecified atom stereocenters. The van der Waals surface area contributed by atoms with E-state index in [4.69, 9.17) is 5.73 Å². The molecule has 3 heteroatoms. The second-order valence-corrected chi connectivity index (χ2v) is 3.96. The van der Waals surface area contributed by atoms with Crippen molar-refractivity contribution in [3.05, 3.63) is 35.9 Å². The number of amides is 1. The summed E-state index contributed by atoms with van der Waals surface area (Å²) in [5.41, 5.74) is 6.40. The van der Waals surface area contributed by atoms with Gasteiger partial charge in [-0.15, -0.1) is 0 Å². The predicted molar refractivity (Wildman–Crippen MR) is 61.5 cm³/mol. The van der Waals surface area contributed by atoms with Gasteiger partial charge < -0.3 is 10.6 Å². The van der Waals surface area contributed by atoms with Crippen molar-refractivity contribution in [1.82, 2.24) is 4.90 Å². The fourth-order valence-corrected chi connectivity index (χ4v) is 1.55. The maximum Gasteiger partial charge on any atom is 0.225 e. The summed E-state index contributed by atoms with van der Waals surface area (Å²) in [6, 6.07) is 9.70. The fraction of sp³-hybridized carbons (Fsp3) is 0.417. The standard InChI is InChI=1S/C12H18N2O/c1-14(2)9-8-11(12(13)15)10-6-4-3-5-7-10/h3-7,11H,8-9H2,1-2H3,(H2,13,15). The molecule has 0 bridgehead atoms. The molecule has 2 N–H and O–H groups in total. The third-order valence-corrected chi connectivity index (χ3v) is 2.41. The van der Waals surface area contributed by atoms with E-state index in [0.717, 1.165) is 18.5 Å². The second kappa shape index (κ2) is 5.51. The first kappa shape index (κ1) is 11.7. The first-order valence-electron chi connectivity index (χ1n) is 5.10. The van der Waals surface area contributed by atoms with Crippen LogP contribution in [0.5, 0.6) is 0 Å². The van der Waals surface area contributed by atoms with Gasteiger partial charge in [0.2, 0.25) is 5.91 Å². The maximum atomic E-state index is 11.3. The summed E-state index contributed by atoms with van der Waals surface area (Å²) >= 11 is 0. The molecule has 0 saturated heterocycles. The van der Waals surface area contributed by atoms with Gasteiger partial charge in [0.05, 0.1) is 5.92 Å². The van der Waals surface area contributed by atoms with E-state index in [9.17, 15) is 4.79 Å². The Balaban J connectivity index is 2.71. The third kappa shape index (κ3) is 3.72. The van der Waals surface area contributed by atoms with Gasteiger partial charge in [0.25, 0.3) is 0 Å². The Kier molecular flexibility index (Phi) is 4.31. The first-order chi connectivity index (χ1) is 7.11. The largest absolute Gasteiger partial charge is 0.369 e. The van der Waals surface area contributed by atoms with Crippen LogP contribution in [0.1, 0.15) is 17.9 Å². The lowest BCUT2D eigenvalue weighted by Crippen LogP contribution is -2.25. The van der Waals surface area contributed by atoms with E-state index in [1.165, 1.54) is 0 Å². The van der Waals surface area contributed by atoms with Crippen LogP contribution >= 0.6 is 0 Å². The molecule has 82 valence electrons. The van der Waals surface area contributed by atoms with E-state index >= 15 is 0 Å². The lowest BCUT2D eigenvalue weighted by Gasteiger charge is -2.16. The van der Waals surface area contributed by atoms with Gasteiger partial charge in [-0.2, -0.15) is 0 Å². The van der Waals surface area contributed by atoms with Gasteiger partial charge in [0.1, 0.15) is 0 Å². The summed E-state index contributed by atoms with van der Waals surface area (Å²) in [7, 11) is 3.98. The number of benzene rings is 1. The van der Waals surface area contributed by atoms with Crippen molar-refractivity contribution >= 4 is 5.91 Å². The molecular formula is C12H18N2O. The SMILES string of the molecule is CN(C)CCC(C(N)=O)c1ccccc1. The van der Waals surface area contributed by atoms with Crippen LogP contribution in [0.2, 0.25) is 0 Å². The molecule has 15 heavy (non-hydrogen) atoms. The summed E-state index contributed by atoms with van der Waals surface area (Å²) in [5.74, 6) is -0.420. The van der Waals surface area contributed by atoms with Gasteiger partial charge in [0.15, 0.2) is 0 Å². The monoisotopic (exact) mass is 206 g/mol. The first-order valence-corrected chi connectivity index (χ1v) is 5.10. The zero-order chi connectivity index (χ0) is 11.3. The number of nitrogens with zero attached hydrogens (tertiary/aromatic N) is 1. The van der Waals surface area contributed by atoms with Crippen LogP contribution in [0.25, 0.3) is 0 Å². The fourth-order valence-electron chi connectivity index (χ4n) is 1.55. The summed E-state index contributed by atoms with van der Waals surface area (Å²) in [5, 5.41) is 0. The van der Waals surface area contributed by atoms with Crippen LogP contribution < -0.4 is 5.73 Å². The molecule has 1 atom stereocenters. The molecule has 1 aromatic carbocycles. The predicted octanol–water partition coefficient (Wildman–Crippen LogP) is 1.21. The molecule has 1 amide bonds. The average Bonchev–Trinajstić information content (AvgIpc) is 2.18. The Morgan fingerprint density at radius 3 is 2.40 bits per heavy atom. The average molecular weight is 206 g/mol. The lowest BCUT2D eigenvalue weighted by molar-refractivity contribution is -0.119. The van der Waals surface area contributed by atoms with Crippen molar-refractivity contribution < 1.29 is 4.79 Å². The van der Waals surface area contributed by atoms with Crippen LogP contribution in [-0.4, -0.2) is 31.4 Å². The minimum atomic E-state index is -0.247. The quantitative estimate of drug-likeness (QED) is 0.787. The zero-order valence-corrected chi connectivity index (χ0v) is 9.31. The Hall–Kier alpha value is -1.35. The molecule has 0 aromatic heterocycles. The highest BCUT2D eigenvalue weighted by Gasteiger charge is 2.17. The maximum absolute atomic E-state index is 11.3. The van der Waals surface area contributed by atoms with Crippen molar-refractivity contribution in [2.45, 2.75) is 12.3 Å². The summed E-state index contributed by atoms with van der Waals surface area (Å²) in [6.45, 7) is 0.864. The van der Waals surface area contributed by atoms with Gasteiger partial charge in [-0.1, -0.05) is 30.3 Å². The molecule has 0 saturated carbocycles. The van der Waals surface area contributed by atoms with Crippen molar-refractivity contribution in [3.63, 3.8) is 0 Å². The number of carbonyl (C=O) groups is 1. The third-order valence-electron chi connectivity index (χ3n) is 2.41. The normalized spacial score (nSPS) is 12.7. The highest BCUT2D eigenvalue weighted by molar-refractivity contribution is 5.81. The number of primary amides is 1. The number of rotatable bonds is 5. The topological polar surface area (TPSA) is 46.3 Å². The molecule has 0 aliphatic carbocycles. The van der Waals surface area contributed by atoms with E-state index in [1.54, 1.807) is 0 Å². The Morgan fingerprint density at radius 2 is 1.93 bits per heavy atom. The van der Waals surface area contributed by atoms with Gasteiger partial charge in [-0.05, 0) is 32.6 Å². The second-order valence-electron chi connectivity index (χ2n) is 3.96. The van der Waals surface area contributed by atoms with Crippen molar-refractivity contribution in [2.24, 2.45) is 5.73 Å². The van der Waals surface area contributed by atoms with Crippen LogP contribution in [0.4, 0.5) is 0 Å². The van der Waals surface area contributed by atoms with Crippen LogP contribution in [0.3, 0.4) is 0 Å². The summed E-state index contributed by atoms with van der Waals surface area (Å²) < 4.78 is 0. The summed E-state index contributed by atoms with van der Waals surface area (Å²) in [6.07, 6.45) is 0.770. The van der Waals surface area contributed by atoms with Crippen molar-refractivity contribution in [1.29, 1.82) is 0 Å². The van der Waals surface area contributed by atoms with E-state index < -0.39 is 0 Å². The van der Waals surface area contributed by atoms with Gasteiger partial charge >= 0.3 is 0 Å². The van der Waals surface area contributed by atoms with Crippen LogP contribution in [0, 0.1) is 0 Å².